The fraction of sp³-hybridized carbons (Fsp3) is 0.0625. The fourth-order valence-electron chi connectivity index (χ4n) is 2.36. The van der Waals surface area contributed by atoms with Gasteiger partial charge < -0.3 is 10.1 Å². The molecular formula is C16H12N4O2S. The predicted octanol–water partition coefficient (Wildman–Crippen LogP) is 3.20. The number of anilines is 1. The molecule has 6 nitrogen and oxygen atoms in total. The minimum atomic E-state index is -0.171. The Morgan fingerprint density at radius 1 is 1.35 bits per heavy atom. The van der Waals surface area contributed by atoms with Crippen molar-refractivity contribution >= 4 is 38.9 Å². The molecule has 0 spiro atoms. The SMILES string of the molecule is COc1ccc2c(c1)nc1sc(C(=O)Nc3cccnc3)cn12. The van der Waals surface area contributed by atoms with Gasteiger partial charge in [-0.05, 0) is 24.3 Å². The van der Waals surface area contributed by atoms with E-state index in [1.807, 2.05) is 22.6 Å². The first-order valence-corrected chi connectivity index (χ1v) is 7.73. The molecule has 0 radical (unpaired) electrons. The highest BCUT2D eigenvalue weighted by Gasteiger charge is 2.14. The van der Waals surface area contributed by atoms with Crippen molar-refractivity contribution in [2.24, 2.45) is 0 Å². The molecule has 4 aromatic rings. The minimum Gasteiger partial charge on any atom is -0.497 e. The molecule has 1 amide bonds. The number of hydrogen-bond acceptors (Lipinski definition) is 5. The maximum Gasteiger partial charge on any atom is 0.267 e. The summed E-state index contributed by atoms with van der Waals surface area (Å²) < 4.78 is 7.12. The smallest absolute Gasteiger partial charge is 0.267 e. The van der Waals surface area contributed by atoms with Crippen LogP contribution in [0.25, 0.3) is 16.0 Å². The van der Waals surface area contributed by atoms with Gasteiger partial charge in [0.15, 0.2) is 4.96 Å². The van der Waals surface area contributed by atoms with E-state index < -0.39 is 0 Å². The zero-order valence-corrected chi connectivity index (χ0v) is 13.0. The van der Waals surface area contributed by atoms with E-state index in [1.54, 1.807) is 37.8 Å². The second-order valence-electron chi connectivity index (χ2n) is 4.91. The van der Waals surface area contributed by atoms with E-state index in [1.165, 1.54) is 11.3 Å². The molecule has 0 bridgehead atoms. The number of ether oxygens (including phenoxy) is 1. The number of aromatic nitrogens is 3. The van der Waals surface area contributed by atoms with Gasteiger partial charge in [-0.25, -0.2) is 4.98 Å². The van der Waals surface area contributed by atoms with Crippen LogP contribution in [-0.4, -0.2) is 27.4 Å². The number of pyridine rings is 1. The van der Waals surface area contributed by atoms with Crippen molar-refractivity contribution < 1.29 is 9.53 Å². The highest BCUT2D eigenvalue weighted by Crippen LogP contribution is 2.26. The number of nitrogens with one attached hydrogen (secondary N) is 1. The highest BCUT2D eigenvalue weighted by atomic mass is 32.1. The zero-order valence-electron chi connectivity index (χ0n) is 12.2. The second-order valence-corrected chi connectivity index (χ2v) is 5.92. The first-order chi connectivity index (χ1) is 11.2. The number of nitrogens with zero attached hydrogens (tertiary/aromatic N) is 3. The molecule has 0 aliphatic heterocycles. The topological polar surface area (TPSA) is 68.5 Å². The third kappa shape index (κ3) is 2.40. The summed E-state index contributed by atoms with van der Waals surface area (Å²) in [7, 11) is 1.63. The van der Waals surface area contributed by atoms with Crippen LogP contribution in [0.4, 0.5) is 5.69 Å². The molecule has 0 aliphatic carbocycles. The summed E-state index contributed by atoms with van der Waals surface area (Å²) >= 11 is 1.34. The lowest BCUT2D eigenvalue weighted by atomic mass is 10.3. The van der Waals surface area contributed by atoms with Crippen LogP contribution in [0.1, 0.15) is 9.67 Å². The Balaban J connectivity index is 1.70. The highest BCUT2D eigenvalue weighted by molar-refractivity contribution is 7.19. The van der Waals surface area contributed by atoms with Gasteiger partial charge in [-0.1, -0.05) is 11.3 Å². The van der Waals surface area contributed by atoms with Gasteiger partial charge in [0.05, 0.1) is 30.0 Å². The van der Waals surface area contributed by atoms with E-state index in [4.69, 9.17) is 4.74 Å². The van der Waals surface area contributed by atoms with Gasteiger partial charge in [0.25, 0.3) is 5.91 Å². The van der Waals surface area contributed by atoms with Crippen LogP contribution < -0.4 is 10.1 Å². The van der Waals surface area contributed by atoms with Crippen molar-refractivity contribution in [2.45, 2.75) is 0 Å². The summed E-state index contributed by atoms with van der Waals surface area (Å²) in [6.07, 6.45) is 5.07. The number of thiazole rings is 1. The van der Waals surface area contributed by atoms with Crippen LogP contribution in [0.3, 0.4) is 0 Å². The zero-order chi connectivity index (χ0) is 15.8. The van der Waals surface area contributed by atoms with Crippen LogP contribution in [0, 0.1) is 0 Å². The standard InChI is InChI=1S/C16H12N4O2S/c1-22-11-4-5-13-12(7-11)19-16-20(13)9-14(23-16)15(21)18-10-3-2-6-17-8-10/h2-9H,1H3,(H,18,21). The van der Waals surface area contributed by atoms with Gasteiger partial charge in [-0.2, -0.15) is 0 Å². The predicted molar refractivity (Wildman–Crippen MR) is 89.3 cm³/mol. The Morgan fingerprint density at radius 2 is 2.26 bits per heavy atom. The molecule has 0 fully saturated rings. The number of carbonyl (C=O) groups excluding carboxylic acids is 1. The van der Waals surface area contributed by atoms with Gasteiger partial charge in [-0.3, -0.25) is 14.2 Å². The van der Waals surface area contributed by atoms with E-state index in [0.717, 1.165) is 21.7 Å². The summed E-state index contributed by atoms with van der Waals surface area (Å²) in [5.74, 6) is 0.591. The largest absolute Gasteiger partial charge is 0.497 e. The van der Waals surface area contributed by atoms with Gasteiger partial charge in [0, 0.05) is 18.5 Å². The van der Waals surface area contributed by atoms with Gasteiger partial charge >= 0.3 is 0 Å². The number of benzene rings is 1. The number of hydrogen-bond donors (Lipinski definition) is 1. The Hall–Kier alpha value is -2.93. The van der Waals surface area contributed by atoms with Crippen LogP contribution in [-0.2, 0) is 0 Å². The third-order valence-corrected chi connectivity index (χ3v) is 4.44. The van der Waals surface area contributed by atoms with Crippen LogP contribution in [0.15, 0.2) is 48.9 Å². The van der Waals surface area contributed by atoms with Crippen molar-refractivity contribution in [3.8, 4) is 5.75 Å². The lowest BCUT2D eigenvalue weighted by molar-refractivity contribution is 0.103. The summed E-state index contributed by atoms with van der Waals surface area (Å²) in [6, 6.07) is 9.26. The molecule has 0 aliphatic rings. The summed E-state index contributed by atoms with van der Waals surface area (Å²) in [4.78, 5) is 22.2. The Bertz CT molecular complexity index is 1010. The molecule has 0 atom stereocenters. The van der Waals surface area contributed by atoms with E-state index in [9.17, 15) is 4.79 Å². The van der Waals surface area contributed by atoms with Crippen molar-refractivity contribution in [2.75, 3.05) is 12.4 Å². The average molecular weight is 324 g/mol. The summed E-state index contributed by atoms with van der Waals surface area (Å²) in [5, 5.41) is 2.82. The molecule has 23 heavy (non-hydrogen) atoms. The van der Waals surface area contributed by atoms with E-state index in [-0.39, 0.29) is 5.91 Å². The van der Waals surface area contributed by atoms with E-state index >= 15 is 0 Å². The average Bonchev–Trinajstić information content (AvgIpc) is 3.12. The molecule has 0 saturated heterocycles. The van der Waals surface area contributed by atoms with Gasteiger partial charge in [-0.15, -0.1) is 0 Å². The van der Waals surface area contributed by atoms with E-state index in [0.29, 0.717) is 10.6 Å². The van der Waals surface area contributed by atoms with Gasteiger partial charge in [0.1, 0.15) is 10.6 Å². The number of amides is 1. The Kier molecular flexibility index (Phi) is 3.20. The first kappa shape index (κ1) is 13.7. The lowest BCUT2D eigenvalue weighted by Crippen LogP contribution is -2.10. The van der Waals surface area contributed by atoms with Crippen LogP contribution >= 0.6 is 11.3 Å². The molecule has 114 valence electrons. The molecule has 3 heterocycles. The monoisotopic (exact) mass is 324 g/mol. The fourth-order valence-corrected chi connectivity index (χ4v) is 3.25. The number of fused-ring (bicyclic) bond motifs is 3. The molecule has 3 aromatic heterocycles. The van der Waals surface area contributed by atoms with Crippen molar-refractivity contribution in [3.63, 3.8) is 0 Å². The van der Waals surface area contributed by atoms with Crippen molar-refractivity contribution in [1.82, 2.24) is 14.4 Å². The molecule has 0 unspecified atom stereocenters. The quantitative estimate of drug-likeness (QED) is 0.628. The number of methoxy groups -OCH3 is 1. The van der Waals surface area contributed by atoms with E-state index in [2.05, 4.69) is 15.3 Å². The normalized spacial score (nSPS) is 11.0. The summed E-state index contributed by atoms with van der Waals surface area (Å²) in [6.45, 7) is 0. The van der Waals surface area contributed by atoms with Crippen LogP contribution in [0.5, 0.6) is 5.75 Å². The first-order valence-electron chi connectivity index (χ1n) is 6.91. The molecule has 4 rings (SSSR count). The third-order valence-electron chi connectivity index (χ3n) is 3.46. The number of imidazole rings is 1. The maximum absolute atomic E-state index is 12.3. The minimum absolute atomic E-state index is 0.171. The lowest BCUT2D eigenvalue weighted by Gasteiger charge is -2.01. The molecular weight excluding hydrogens is 312 g/mol. The second kappa shape index (κ2) is 5.36. The molecule has 1 N–H and O–H groups in total. The molecule has 1 aromatic carbocycles. The van der Waals surface area contributed by atoms with Crippen molar-refractivity contribution in [1.29, 1.82) is 0 Å². The summed E-state index contributed by atoms with van der Waals surface area (Å²) in [5.41, 5.74) is 2.45. The van der Waals surface area contributed by atoms with Gasteiger partial charge in [0.2, 0.25) is 0 Å². The number of rotatable bonds is 3. The molecule has 0 saturated carbocycles. The van der Waals surface area contributed by atoms with Crippen LogP contribution in [0.2, 0.25) is 0 Å². The Morgan fingerprint density at radius 3 is 3.04 bits per heavy atom. The maximum atomic E-state index is 12.3. The molecule has 7 heteroatoms. The number of carbonyl (C=O) groups is 1. The van der Waals surface area contributed by atoms with Crippen molar-refractivity contribution in [3.05, 3.63) is 53.8 Å². The Labute approximate surface area is 135 Å².